The maximum Gasteiger partial charge on any atom is 0.270 e. The lowest BCUT2D eigenvalue weighted by Crippen LogP contribution is -2.50. The van der Waals surface area contributed by atoms with Gasteiger partial charge in [-0.3, -0.25) is 9.48 Å². The Kier molecular flexibility index (Phi) is 2.50. The third-order valence-corrected chi connectivity index (χ3v) is 5.67. The number of hydrogen-bond donors (Lipinski definition) is 1. The Morgan fingerprint density at radius 3 is 2.91 bits per heavy atom. The zero-order valence-corrected chi connectivity index (χ0v) is 12.9. The van der Waals surface area contributed by atoms with Crippen molar-refractivity contribution < 1.29 is 9.53 Å². The minimum Gasteiger partial charge on any atom is -0.377 e. The molecule has 118 valence electrons. The minimum absolute atomic E-state index is 0.00512. The fraction of sp³-hybridized carbons (Fsp3) is 0.750. The molecule has 0 unspecified atom stereocenters. The molecule has 0 radical (unpaired) electrons. The number of morpholine rings is 1. The molecule has 6 nitrogen and oxygen atoms in total. The lowest BCUT2D eigenvalue weighted by atomic mass is 9.98. The third kappa shape index (κ3) is 1.76. The maximum atomic E-state index is 12.5. The highest BCUT2D eigenvalue weighted by Crippen LogP contribution is 2.56. The van der Waals surface area contributed by atoms with Crippen molar-refractivity contribution in [2.75, 3.05) is 24.7 Å². The predicted octanol–water partition coefficient (Wildman–Crippen LogP) is 1.34. The van der Waals surface area contributed by atoms with Gasteiger partial charge < -0.3 is 15.0 Å². The van der Waals surface area contributed by atoms with Gasteiger partial charge in [-0.25, -0.2) is 0 Å². The van der Waals surface area contributed by atoms with Gasteiger partial charge in [0.25, 0.3) is 5.91 Å². The van der Waals surface area contributed by atoms with E-state index in [-0.39, 0.29) is 11.4 Å². The minimum atomic E-state index is 0.00512. The van der Waals surface area contributed by atoms with Crippen LogP contribution in [0.2, 0.25) is 0 Å². The molecule has 2 saturated carbocycles. The van der Waals surface area contributed by atoms with Crippen molar-refractivity contribution in [3.05, 3.63) is 11.8 Å². The van der Waals surface area contributed by atoms with Crippen molar-refractivity contribution >= 4 is 11.7 Å². The Morgan fingerprint density at radius 2 is 2.23 bits per heavy atom. The van der Waals surface area contributed by atoms with Gasteiger partial charge in [0, 0.05) is 12.6 Å². The van der Waals surface area contributed by atoms with Crippen LogP contribution >= 0.6 is 0 Å². The molecule has 1 aromatic rings. The first-order valence-corrected chi connectivity index (χ1v) is 8.44. The summed E-state index contributed by atoms with van der Waals surface area (Å²) in [7, 11) is 0. The van der Waals surface area contributed by atoms with Crippen molar-refractivity contribution in [1.29, 1.82) is 0 Å². The van der Waals surface area contributed by atoms with Gasteiger partial charge in [-0.1, -0.05) is 0 Å². The average molecular weight is 302 g/mol. The van der Waals surface area contributed by atoms with Crippen LogP contribution in [0.4, 0.5) is 5.82 Å². The normalized spacial score (nSPS) is 32.8. The van der Waals surface area contributed by atoms with Crippen LogP contribution in [0.1, 0.15) is 49.1 Å². The molecule has 0 aromatic carbocycles. The average Bonchev–Trinajstić information content (AvgIpc) is 3.41. The van der Waals surface area contributed by atoms with E-state index in [0.29, 0.717) is 18.0 Å². The Bertz CT molecular complexity index is 632. The molecule has 2 aliphatic carbocycles. The van der Waals surface area contributed by atoms with Gasteiger partial charge in [0.1, 0.15) is 5.69 Å². The molecule has 1 N–H and O–H groups in total. The van der Waals surface area contributed by atoms with E-state index >= 15 is 0 Å². The van der Waals surface area contributed by atoms with Crippen LogP contribution < -0.4 is 10.2 Å². The summed E-state index contributed by atoms with van der Waals surface area (Å²) >= 11 is 0. The van der Waals surface area contributed by atoms with Crippen LogP contribution in [0.5, 0.6) is 0 Å². The molecule has 2 atom stereocenters. The van der Waals surface area contributed by atoms with E-state index in [9.17, 15) is 4.79 Å². The van der Waals surface area contributed by atoms with Gasteiger partial charge in [-0.15, -0.1) is 0 Å². The molecule has 22 heavy (non-hydrogen) atoms. The molecule has 0 bridgehead atoms. The van der Waals surface area contributed by atoms with E-state index in [1.807, 2.05) is 6.07 Å². The predicted molar refractivity (Wildman–Crippen MR) is 81.0 cm³/mol. The second kappa shape index (κ2) is 4.25. The number of hydrogen-bond acceptors (Lipinski definition) is 4. The largest absolute Gasteiger partial charge is 0.377 e. The number of nitrogens with one attached hydrogen (secondary N) is 1. The fourth-order valence-corrected chi connectivity index (χ4v) is 4.19. The molecule has 1 saturated heterocycles. The zero-order chi connectivity index (χ0) is 14.9. The first-order valence-electron chi connectivity index (χ1n) is 8.44. The summed E-state index contributed by atoms with van der Waals surface area (Å²) in [6, 6.07) is 2.65. The number of carbonyl (C=O) groups excluding carboxylic acids is 1. The summed E-state index contributed by atoms with van der Waals surface area (Å²) in [4.78, 5) is 14.8. The first-order chi connectivity index (χ1) is 10.7. The van der Waals surface area contributed by atoms with Crippen LogP contribution in [0.3, 0.4) is 0 Å². The number of nitrogens with zero attached hydrogens (tertiary/aromatic N) is 3. The number of fused-ring (bicyclic) bond motifs is 1. The lowest BCUT2D eigenvalue weighted by Gasteiger charge is -2.34. The first kappa shape index (κ1) is 12.9. The van der Waals surface area contributed by atoms with Crippen LogP contribution in [-0.4, -0.2) is 47.0 Å². The Morgan fingerprint density at radius 1 is 1.41 bits per heavy atom. The van der Waals surface area contributed by atoms with Crippen molar-refractivity contribution in [3.63, 3.8) is 0 Å². The van der Waals surface area contributed by atoms with Crippen LogP contribution in [0.15, 0.2) is 6.07 Å². The fourth-order valence-electron chi connectivity index (χ4n) is 4.19. The standard InChI is InChI=1S/C16H22N4O2/c1-10-9-22-7-6-19(10)13-8-12-15(21)17-16(4-5-16)14(11-2-3-11)20(12)18-13/h8,10-11,14H,2-7,9H2,1H3,(H,17,21)/t10-,14+/m1/s1. The molecule has 3 fully saturated rings. The van der Waals surface area contributed by atoms with E-state index in [4.69, 9.17) is 9.84 Å². The second-order valence-electron chi connectivity index (χ2n) is 7.34. The van der Waals surface area contributed by atoms with E-state index in [0.717, 1.165) is 44.1 Å². The monoisotopic (exact) mass is 302 g/mol. The Hall–Kier alpha value is -1.56. The van der Waals surface area contributed by atoms with Gasteiger partial charge in [-0.05, 0) is 38.5 Å². The van der Waals surface area contributed by atoms with E-state index < -0.39 is 0 Å². The number of carbonyl (C=O) groups is 1. The third-order valence-electron chi connectivity index (χ3n) is 5.67. The van der Waals surface area contributed by atoms with Crippen molar-refractivity contribution in [2.45, 2.75) is 50.2 Å². The van der Waals surface area contributed by atoms with Crippen molar-refractivity contribution in [3.8, 4) is 0 Å². The van der Waals surface area contributed by atoms with Crippen molar-refractivity contribution in [2.24, 2.45) is 5.92 Å². The summed E-state index contributed by atoms with van der Waals surface area (Å²) < 4.78 is 7.57. The number of aromatic nitrogens is 2. The van der Waals surface area contributed by atoms with Gasteiger partial charge in [0.15, 0.2) is 5.82 Å². The summed E-state index contributed by atoms with van der Waals surface area (Å²) in [5.41, 5.74) is 0.744. The highest BCUT2D eigenvalue weighted by atomic mass is 16.5. The molecule has 6 heteroatoms. The zero-order valence-electron chi connectivity index (χ0n) is 12.9. The lowest BCUT2D eigenvalue weighted by molar-refractivity contribution is 0.0842. The Labute approximate surface area is 129 Å². The summed E-state index contributed by atoms with van der Waals surface area (Å²) in [5.74, 6) is 1.68. The summed E-state index contributed by atoms with van der Waals surface area (Å²) in [6.45, 7) is 4.45. The van der Waals surface area contributed by atoms with E-state index in [2.05, 4.69) is 21.8 Å². The van der Waals surface area contributed by atoms with Crippen LogP contribution in [0.25, 0.3) is 0 Å². The van der Waals surface area contributed by atoms with Crippen molar-refractivity contribution in [1.82, 2.24) is 15.1 Å². The molecule has 1 spiro atoms. The topological polar surface area (TPSA) is 59.4 Å². The molecule has 3 heterocycles. The molecule has 4 aliphatic rings. The number of rotatable bonds is 2. The van der Waals surface area contributed by atoms with E-state index in [1.165, 1.54) is 12.8 Å². The van der Waals surface area contributed by atoms with Gasteiger partial charge in [0.05, 0.1) is 30.8 Å². The van der Waals surface area contributed by atoms with E-state index in [1.54, 1.807) is 0 Å². The molecular formula is C16H22N4O2. The number of anilines is 1. The van der Waals surface area contributed by atoms with Crippen LogP contribution in [0, 0.1) is 5.92 Å². The Balaban J connectivity index is 1.55. The molecule has 1 amide bonds. The summed E-state index contributed by atoms with van der Waals surface area (Å²) in [5, 5.41) is 8.16. The van der Waals surface area contributed by atoms with Crippen LogP contribution in [-0.2, 0) is 4.74 Å². The van der Waals surface area contributed by atoms with Gasteiger partial charge >= 0.3 is 0 Å². The number of ether oxygens (including phenoxy) is 1. The quantitative estimate of drug-likeness (QED) is 0.895. The molecular weight excluding hydrogens is 280 g/mol. The van der Waals surface area contributed by atoms with Gasteiger partial charge in [-0.2, -0.15) is 5.10 Å². The summed E-state index contributed by atoms with van der Waals surface area (Å²) in [6.07, 6.45) is 4.74. The highest BCUT2D eigenvalue weighted by molar-refractivity contribution is 5.95. The molecule has 1 aromatic heterocycles. The number of amides is 1. The molecule has 5 rings (SSSR count). The SMILES string of the molecule is C[C@@H]1COCCN1c1cc2n(n1)[C@@H](C1CC1)C1(CC1)NC2=O. The molecule has 2 aliphatic heterocycles. The second-order valence-corrected chi connectivity index (χ2v) is 7.34. The van der Waals surface area contributed by atoms with Gasteiger partial charge in [0.2, 0.25) is 0 Å². The highest BCUT2D eigenvalue weighted by Gasteiger charge is 2.59. The maximum absolute atomic E-state index is 12.5. The smallest absolute Gasteiger partial charge is 0.270 e.